The van der Waals surface area contributed by atoms with Gasteiger partial charge in [0.1, 0.15) is 0 Å². The predicted molar refractivity (Wildman–Crippen MR) is 67.0 cm³/mol. The maximum atomic E-state index is 12.1. The van der Waals surface area contributed by atoms with Gasteiger partial charge in [0, 0.05) is 0 Å². The van der Waals surface area contributed by atoms with E-state index in [4.69, 9.17) is 5.84 Å². The number of hydrogen-bond acceptors (Lipinski definition) is 3. The van der Waals surface area contributed by atoms with E-state index in [1.807, 2.05) is 12.1 Å². The molecule has 2 aliphatic rings. The lowest BCUT2D eigenvalue weighted by Gasteiger charge is -2.23. The zero-order chi connectivity index (χ0) is 12.7. The lowest BCUT2D eigenvalue weighted by molar-refractivity contribution is 0.0653. The molecule has 2 amide bonds. The summed E-state index contributed by atoms with van der Waals surface area (Å²) in [6.07, 6.45) is 5.86. The van der Waals surface area contributed by atoms with Gasteiger partial charge in [0.25, 0.3) is 11.8 Å². The van der Waals surface area contributed by atoms with E-state index in [-0.39, 0.29) is 11.8 Å². The summed E-state index contributed by atoms with van der Waals surface area (Å²) in [7, 11) is 0. The molecule has 0 atom stereocenters. The van der Waals surface area contributed by atoms with Crippen molar-refractivity contribution in [3.63, 3.8) is 0 Å². The van der Waals surface area contributed by atoms with Crippen LogP contribution in [0.4, 0.5) is 0 Å². The molecule has 18 heavy (non-hydrogen) atoms. The fraction of sp³-hybridized carbons (Fsp3) is 0.429. The van der Waals surface area contributed by atoms with Crippen molar-refractivity contribution in [2.45, 2.75) is 38.0 Å². The number of imide groups is 1. The van der Waals surface area contributed by atoms with Crippen LogP contribution in [0.25, 0.3) is 0 Å². The maximum Gasteiger partial charge on any atom is 0.276 e. The number of nitrogens with zero attached hydrogens (tertiary/aromatic N) is 1. The molecule has 3 rings (SSSR count). The van der Waals surface area contributed by atoms with Crippen LogP contribution in [0.3, 0.4) is 0 Å². The van der Waals surface area contributed by atoms with Gasteiger partial charge < -0.3 is 0 Å². The molecular weight excluding hydrogens is 228 g/mol. The Bertz CT molecular complexity index is 519. The highest BCUT2D eigenvalue weighted by atomic mass is 16.2. The van der Waals surface area contributed by atoms with Gasteiger partial charge in [-0.15, -0.1) is 0 Å². The van der Waals surface area contributed by atoms with Crippen LogP contribution in [0.2, 0.25) is 0 Å². The predicted octanol–water partition coefficient (Wildman–Crippen LogP) is 2.20. The third-order valence-corrected chi connectivity index (χ3v) is 4.02. The van der Waals surface area contributed by atoms with E-state index in [0.29, 0.717) is 17.0 Å². The summed E-state index contributed by atoms with van der Waals surface area (Å²) >= 11 is 0. The Kier molecular flexibility index (Phi) is 2.67. The van der Waals surface area contributed by atoms with E-state index < -0.39 is 0 Å². The van der Waals surface area contributed by atoms with Gasteiger partial charge >= 0.3 is 0 Å². The second-order valence-corrected chi connectivity index (χ2v) is 5.09. The third kappa shape index (κ3) is 1.56. The normalized spacial score (nSPS) is 20.4. The number of nitrogens with two attached hydrogens (primary N) is 1. The number of amides is 2. The molecule has 94 valence electrons. The van der Waals surface area contributed by atoms with Crippen molar-refractivity contribution < 1.29 is 9.59 Å². The van der Waals surface area contributed by atoms with Gasteiger partial charge in [0.15, 0.2) is 0 Å². The summed E-state index contributed by atoms with van der Waals surface area (Å²) in [5.74, 6) is 5.17. The smallest absolute Gasteiger partial charge is 0.267 e. The van der Waals surface area contributed by atoms with E-state index in [2.05, 4.69) is 0 Å². The van der Waals surface area contributed by atoms with Crippen LogP contribution in [0.15, 0.2) is 18.2 Å². The Morgan fingerprint density at radius 2 is 1.78 bits per heavy atom. The summed E-state index contributed by atoms with van der Waals surface area (Å²) < 4.78 is 0. The van der Waals surface area contributed by atoms with Crippen LogP contribution in [0.1, 0.15) is 64.3 Å². The molecule has 2 N–H and O–H groups in total. The number of fused-ring (bicyclic) bond motifs is 1. The number of carbonyl (C=O) groups excluding carboxylic acids is 2. The van der Waals surface area contributed by atoms with Crippen molar-refractivity contribution in [1.29, 1.82) is 0 Å². The van der Waals surface area contributed by atoms with Gasteiger partial charge in [-0.1, -0.05) is 31.4 Å². The van der Waals surface area contributed by atoms with Gasteiger partial charge in [0.05, 0.1) is 11.1 Å². The average molecular weight is 244 g/mol. The van der Waals surface area contributed by atoms with Gasteiger partial charge in [-0.25, -0.2) is 10.9 Å². The fourth-order valence-electron chi connectivity index (χ4n) is 3.08. The van der Waals surface area contributed by atoms with Gasteiger partial charge in [-0.05, 0) is 30.4 Å². The lowest BCUT2D eigenvalue weighted by Crippen LogP contribution is -2.36. The Labute approximate surface area is 106 Å². The largest absolute Gasteiger partial charge is 0.276 e. The van der Waals surface area contributed by atoms with Crippen LogP contribution in [-0.4, -0.2) is 16.8 Å². The average Bonchev–Trinajstić information content (AvgIpc) is 2.65. The zero-order valence-corrected chi connectivity index (χ0v) is 10.2. The lowest BCUT2D eigenvalue weighted by atomic mass is 9.81. The Morgan fingerprint density at radius 3 is 2.50 bits per heavy atom. The monoisotopic (exact) mass is 244 g/mol. The van der Waals surface area contributed by atoms with Crippen molar-refractivity contribution in [2.75, 3.05) is 0 Å². The van der Waals surface area contributed by atoms with E-state index in [0.717, 1.165) is 23.4 Å². The molecule has 1 heterocycles. The molecule has 1 aliphatic carbocycles. The molecule has 0 radical (unpaired) electrons. The first kappa shape index (κ1) is 11.4. The first-order chi connectivity index (χ1) is 8.70. The van der Waals surface area contributed by atoms with Crippen LogP contribution >= 0.6 is 0 Å². The van der Waals surface area contributed by atoms with Gasteiger partial charge in [-0.2, -0.15) is 0 Å². The van der Waals surface area contributed by atoms with Crippen LogP contribution in [0, 0.1) is 0 Å². The molecule has 1 aliphatic heterocycles. The van der Waals surface area contributed by atoms with Crippen molar-refractivity contribution in [1.82, 2.24) is 5.01 Å². The molecule has 1 aromatic carbocycles. The summed E-state index contributed by atoms with van der Waals surface area (Å²) in [5, 5.41) is 0.733. The first-order valence-electron chi connectivity index (χ1n) is 6.46. The van der Waals surface area contributed by atoms with Crippen LogP contribution in [-0.2, 0) is 0 Å². The summed E-state index contributed by atoms with van der Waals surface area (Å²) in [6, 6.07) is 5.51. The highest BCUT2D eigenvalue weighted by Crippen LogP contribution is 2.37. The molecule has 1 aromatic rings. The van der Waals surface area contributed by atoms with E-state index in [1.54, 1.807) is 6.07 Å². The SMILES string of the molecule is NN1C(=O)c2cccc(C3CCCCC3)c2C1=O. The number of hydrogen-bond donors (Lipinski definition) is 1. The molecule has 1 saturated carbocycles. The molecule has 0 bridgehead atoms. The molecule has 0 unspecified atom stereocenters. The van der Waals surface area contributed by atoms with Crippen molar-refractivity contribution in [3.8, 4) is 0 Å². The number of hydrazine groups is 1. The second kappa shape index (κ2) is 4.21. The highest BCUT2D eigenvalue weighted by Gasteiger charge is 2.37. The van der Waals surface area contributed by atoms with Crippen molar-refractivity contribution in [3.05, 3.63) is 34.9 Å². The van der Waals surface area contributed by atoms with Crippen LogP contribution in [0.5, 0.6) is 0 Å². The van der Waals surface area contributed by atoms with Gasteiger partial charge in [0.2, 0.25) is 0 Å². The third-order valence-electron chi connectivity index (χ3n) is 4.02. The van der Waals surface area contributed by atoms with E-state index in [1.165, 1.54) is 19.3 Å². The van der Waals surface area contributed by atoms with E-state index >= 15 is 0 Å². The maximum absolute atomic E-state index is 12.1. The first-order valence-corrected chi connectivity index (χ1v) is 6.46. The molecule has 0 saturated heterocycles. The minimum atomic E-state index is -0.382. The number of carbonyl (C=O) groups is 2. The molecule has 0 aromatic heterocycles. The number of benzene rings is 1. The van der Waals surface area contributed by atoms with E-state index in [9.17, 15) is 9.59 Å². The Morgan fingerprint density at radius 1 is 1.06 bits per heavy atom. The van der Waals surface area contributed by atoms with Crippen LogP contribution < -0.4 is 5.84 Å². The number of rotatable bonds is 1. The zero-order valence-electron chi connectivity index (χ0n) is 10.2. The standard InChI is InChI=1S/C14H16N2O2/c15-16-13(17)11-8-4-7-10(12(11)14(16)18)9-5-2-1-3-6-9/h4,7-9H,1-3,5-6,15H2. The summed E-state index contributed by atoms with van der Waals surface area (Å²) in [6.45, 7) is 0. The quantitative estimate of drug-likeness (QED) is 0.468. The molecule has 4 nitrogen and oxygen atoms in total. The topological polar surface area (TPSA) is 63.4 Å². The van der Waals surface area contributed by atoms with Gasteiger partial charge in [-0.3, -0.25) is 9.59 Å². The summed E-state index contributed by atoms with van der Waals surface area (Å²) in [5.41, 5.74) is 2.01. The second-order valence-electron chi connectivity index (χ2n) is 5.09. The van der Waals surface area contributed by atoms with Crippen molar-refractivity contribution >= 4 is 11.8 Å². The minimum Gasteiger partial charge on any atom is -0.267 e. The molecule has 1 fully saturated rings. The molecule has 0 spiro atoms. The molecule has 4 heteroatoms. The minimum absolute atomic E-state index is 0.351. The Balaban J connectivity index is 2.08. The molecular formula is C14H16N2O2. The summed E-state index contributed by atoms with van der Waals surface area (Å²) in [4.78, 5) is 23.9. The fourth-order valence-corrected chi connectivity index (χ4v) is 3.08. The van der Waals surface area contributed by atoms with Crippen molar-refractivity contribution in [2.24, 2.45) is 5.84 Å². The Hall–Kier alpha value is -1.68. The highest BCUT2D eigenvalue weighted by molar-refractivity contribution is 6.21.